The lowest BCUT2D eigenvalue weighted by Crippen LogP contribution is -2.00. The maximum Gasteiger partial charge on any atom is 0.219 e. The zero-order valence-corrected chi connectivity index (χ0v) is 7.39. The van der Waals surface area contributed by atoms with Gasteiger partial charge in [0.05, 0.1) is 0 Å². The van der Waals surface area contributed by atoms with Crippen LogP contribution in [-0.2, 0) is 4.12 Å². The van der Waals surface area contributed by atoms with E-state index in [4.69, 9.17) is 4.12 Å². The summed E-state index contributed by atoms with van der Waals surface area (Å²) in [6, 6.07) is 1.95. The molecule has 4 radical (unpaired) electrons. The van der Waals surface area contributed by atoms with Gasteiger partial charge in [-0.3, -0.25) is 0 Å². The minimum absolute atomic E-state index is 0.589. The first-order valence-corrected chi connectivity index (χ1v) is 4.98. The van der Waals surface area contributed by atoms with E-state index in [0.29, 0.717) is 19.5 Å². The second kappa shape index (κ2) is 7.87. The van der Waals surface area contributed by atoms with E-state index < -0.39 is 0 Å². The molecular formula is C6H10OSi2. The summed E-state index contributed by atoms with van der Waals surface area (Å²) in [5.41, 5.74) is 0. The minimum Gasteiger partial charge on any atom is -0.456 e. The van der Waals surface area contributed by atoms with E-state index in [-0.39, 0.29) is 0 Å². The zero-order chi connectivity index (χ0) is 6.95. The summed E-state index contributed by atoms with van der Waals surface area (Å²) < 4.78 is 5.23. The normalized spacial score (nSPS) is 8.89. The molecule has 0 rings (SSSR count). The first-order valence-electron chi connectivity index (χ1n) is 2.75. The SMILES string of the molecule is C=CC[Si]O[Si]CC=C. The van der Waals surface area contributed by atoms with E-state index in [0.717, 1.165) is 12.1 Å². The molecule has 0 N–H and O–H groups in total. The molecule has 0 aromatic heterocycles. The molecule has 0 unspecified atom stereocenters. The second-order valence-corrected chi connectivity index (χ2v) is 3.59. The second-order valence-electron chi connectivity index (χ2n) is 1.38. The van der Waals surface area contributed by atoms with E-state index in [2.05, 4.69) is 13.2 Å². The maximum atomic E-state index is 5.23. The Bertz CT molecular complexity index is 73.1. The maximum absolute atomic E-state index is 5.23. The van der Waals surface area contributed by atoms with E-state index in [1.54, 1.807) is 0 Å². The van der Waals surface area contributed by atoms with Gasteiger partial charge in [0.15, 0.2) is 0 Å². The molecule has 1 nitrogen and oxygen atoms in total. The Hall–Kier alpha value is -0.126. The number of allylic oxidation sites excluding steroid dienone is 2. The van der Waals surface area contributed by atoms with Crippen molar-refractivity contribution in [1.82, 2.24) is 0 Å². The molecule has 9 heavy (non-hydrogen) atoms. The van der Waals surface area contributed by atoms with Crippen molar-refractivity contribution >= 4 is 19.5 Å². The molecule has 0 spiro atoms. The summed E-state index contributed by atoms with van der Waals surface area (Å²) in [6.45, 7) is 7.18. The molecule has 48 valence electrons. The molecule has 0 saturated heterocycles. The standard InChI is InChI=1S/C6H10OSi2/c1-3-5-8-7-9-6-4-2/h3-4H,1-2,5-6H2. The van der Waals surface area contributed by atoms with Gasteiger partial charge in [-0.15, -0.1) is 13.2 Å². The van der Waals surface area contributed by atoms with Crippen LogP contribution in [0.25, 0.3) is 0 Å². The van der Waals surface area contributed by atoms with Gasteiger partial charge in [0.25, 0.3) is 0 Å². The van der Waals surface area contributed by atoms with Crippen LogP contribution in [0.3, 0.4) is 0 Å². The quantitative estimate of drug-likeness (QED) is 0.320. The van der Waals surface area contributed by atoms with Crippen LogP contribution in [0, 0.1) is 0 Å². The van der Waals surface area contributed by atoms with Crippen LogP contribution < -0.4 is 0 Å². The van der Waals surface area contributed by atoms with Crippen molar-refractivity contribution in [2.75, 3.05) is 0 Å². The van der Waals surface area contributed by atoms with Gasteiger partial charge in [-0.1, -0.05) is 12.2 Å². The van der Waals surface area contributed by atoms with Gasteiger partial charge in [0.1, 0.15) is 0 Å². The Kier molecular flexibility index (Phi) is 7.76. The number of rotatable bonds is 6. The molecule has 0 aromatic rings. The van der Waals surface area contributed by atoms with Crippen molar-refractivity contribution in [3.8, 4) is 0 Å². The van der Waals surface area contributed by atoms with Crippen LogP contribution in [0.5, 0.6) is 0 Å². The lowest BCUT2D eigenvalue weighted by Gasteiger charge is -1.93. The van der Waals surface area contributed by atoms with E-state index >= 15 is 0 Å². The third-order valence-electron chi connectivity index (χ3n) is 0.600. The van der Waals surface area contributed by atoms with Crippen molar-refractivity contribution in [3.63, 3.8) is 0 Å². The van der Waals surface area contributed by atoms with Crippen molar-refractivity contribution < 1.29 is 4.12 Å². The highest BCUT2D eigenvalue weighted by molar-refractivity contribution is 6.43. The molecule has 3 heteroatoms. The van der Waals surface area contributed by atoms with Gasteiger partial charge >= 0.3 is 0 Å². The molecule has 0 amide bonds. The van der Waals surface area contributed by atoms with E-state index in [9.17, 15) is 0 Å². The first-order chi connectivity index (χ1) is 4.41. The smallest absolute Gasteiger partial charge is 0.219 e. The van der Waals surface area contributed by atoms with Crippen LogP contribution in [0.1, 0.15) is 0 Å². The Labute approximate surface area is 61.7 Å². The van der Waals surface area contributed by atoms with Crippen molar-refractivity contribution in [2.45, 2.75) is 12.1 Å². The molecule has 0 aliphatic heterocycles. The fraction of sp³-hybridized carbons (Fsp3) is 0.333. The molecule has 0 bridgehead atoms. The average Bonchev–Trinajstić information content (AvgIpc) is 1.89. The Balaban J connectivity index is 2.74. The van der Waals surface area contributed by atoms with Gasteiger partial charge in [-0.05, 0) is 12.1 Å². The van der Waals surface area contributed by atoms with Gasteiger partial charge in [-0.25, -0.2) is 0 Å². The van der Waals surface area contributed by atoms with Gasteiger partial charge in [0, 0.05) is 0 Å². The summed E-state index contributed by atoms with van der Waals surface area (Å²) in [5, 5.41) is 0. The van der Waals surface area contributed by atoms with Crippen LogP contribution in [0.15, 0.2) is 25.3 Å². The third kappa shape index (κ3) is 7.87. The highest BCUT2D eigenvalue weighted by atomic mass is 28.3. The van der Waals surface area contributed by atoms with E-state index in [1.807, 2.05) is 12.2 Å². The predicted octanol–water partition coefficient (Wildman–Crippen LogP) is 1.45. The van der Waals surface area contributed by atoms with Crippen LogP contribution in [0.2, 0.25) is 12.1 Å². The van der Waals surface area contributed by atoms with Crippen LogP contribution in [0.4, 0.5) is 0 Å². The number of hydrogen-bond donors (Lipinski definition) is 0. The van der Waals surface area contributed by atoms with Crippen molar-refractivity contribution in [1.29, 1.82) is 0 Å². The summed E-state index contributed by atoms with van der Waals surface area (Å²) in [5.74, 6) is 0. The topological polar surface area (TPSA) is 9.23 Å². The highest BCUT2D eigenvalue weighted by Gasteiger charge is 1.86. The van der Waals surface area contributed by atoms with Gasteiger partial charge in [0.2, 0.25) is 19.5 Å². The Morgan fingerprint density at radius 3 is 1.89 bits per heavy atom. The molecule has 0 aliphatic rings. The molecular weight excluding hydrogens is 144 g/mol. The molecule has 0 aliphatic carbocycles. The predicted molar refractivity (Wildman–Crippen MR) is 42.6 cm³/mol. The summed E-state index contributed by atoms with van der Waals surface area (Å²) >= 11 is 0. The molecule has 0 fully saturated rings. The Morgan fingerprint density at radius 1 is 1.11 bits per heavy atom. The third-order valence-corrected chi connectivity index (χ3v) is 2.67. The highest BCUT2D eigenvalue weighted by Crippen LogP contribution is 1.83. The summed E-state index contributed by atoms with van der Waals surface area (Å²) in [4.78, 5) is 0. The largest absolute Gasteiger partial charge is 0.456 e. The van der Waals surface area contributed by atoms with E-state index in [1.165, 1.54) is 0 Å². The Morgan fingerprint density at radius 2 is 1.56 bits per heavy atom. The lowest BCUT2D eigenvalue weighted by molar-refractivity contribution is 0.643. The van der Waals surface area contributed by atoms with Gasteiger partial charge in [-0.2, -0.15) is 0 Å². The molecule has 0 heterocycles. The average molecular weight is 154 g/mol. The number of hydrogen-bond acceptors (Lipinski definition) is 1. The summed E-state index contributed by atoms with van der Waals surface area (Å²) in [7, 11) is 1.18. The van der Waals surface area contributed by atoms with Crippen molar-refractivity contribution in [2.24, 2.45) is 0 Å². The summed E-state index contributed by atoms with van der Waals surface area (Å²) in [6.07, 6.45) is 3.74. The minimum atomic E-state index is 0.589. The lowest BCUT2D eigenvalue weighted by atomic mass is 10.8. The van der Waals surface area contributed by atoms with Crippen LogP contribution >= 0.6 is 0 Å². The van der Waals surface area contributed by atoms with Gasteiger partial charge < -0.3 is 4.12 Å². The molecule has 0 atom stereocenters. The molecule has 0 saturated carbocycles. The zero-order valence-electron chi connectivity index (χ0n) is 5.39. The monoisotopic (exact) mass is 154 g/mol. The first kappa shape index (κ1) is 8.87. The fourth-order valence-electron chi connectivity index (χ4n) is 0.252. The fourth-order valence-corrected chi connectivity index (χ4v) is 1.56. The molecule has 0 aromatic carbocycles. The van der Waals surface area contributed by atoms with Crippen molar-refractivity contribution in [3.05, 3.63) is 25.3 Å². The van der Waals surface area contributed by atoms with Crippen LogP contribution in [-0.4, -0.2) is 19.5 Å².